The summed E-state index contributed by atoms with van der Waals surface area (Å²) in [4.78, 5) is 4.88. The fourth-order valence-electron chi connectivity index (χ4n) is 2.58. The Bertz CT molecular complexity index is 228. The molecule has 100 valence electrons. The minimum atomic E-state index is 0.298. The van der Waals surface area contributed by atoms with Crippen LogP contribution >= 0.6 is 0 Å². The molecule has 0 spiro atoms. The molecule has 1 heterocycles. The van der Waals surface area contributed by atoms with Crippen LogP contribution in [0.4, 0.5) is 0 Å². The molecule has 0 saturated heterocycles. The zero-order valence-electron chi connectivity index (χ0n) is 12.3. The van der Waals surface area contributed by atoms with Crippen LogP contribution in [0.3, 0.4) is 0 Å². The lowest BCUT2D eigenvalue weighted by Crippen LogP contribution is -2.19. The molecule has 1 aliphatic heterocycles. The maximum absolute atomic E-state index is 4.88. The summed E-state index contributed by atoms with van der Waals surface area (Å²) in [6, 6.07) is 0.550. The molecule has 1 unspecified atom stereocenters. The lowest BCUT2D eigenvalue weighted by molar-refractivity contribution is 0.409. The maximum Gasteiger partial charge on any atom is 0.0518 e. The zero-order valence-corrected chi connectivity index (χ0v) is 12.3. The minimum Gasteiger partial charge on any atom is -0.293 e. The van der Waals surface area contributed by atoms with Gasteiger partial charge in [0.2, 0.25) is 0 Å². The number of aliphatic imine (C=N–C) groups is 1. The van der Waals surface area contributed by atoms with Crippen LogP contribution < -0.4 is 0 Å². The highest BCUT2D eigenvalue weighted by Crippen LogP contribution is 2.25. The van der Waals surface area contributed by atoms with Crippen molar-refractivity contribution in [3.8, 4) is 0 Å². The molecule has 1 rings (SSSR count). The molecule has 1 atom stereocenters. The largest absolute Gasteiger partial charge is 0.293 e. The second kappa shape index (κ2) is 7.18. The van der Waals surface area contributed by atoms with Crippen molar-refractivity contribution in [2.24, 2.45) is 16.3 Å². The van der Waals surface area contributed by atoms with Gasteiger partial charge in [-0.3, -0.25) is 4.99 Å². The molecule has 0 fully saturated rings. The molecule has 0 saturated carbocycles. The van der Waals surface area contributed by atoms with Crippen molar-refractivity contribution >= 4 is 6.21 Å². The van der Waals surface area contributed by atoms with Crippen molar-refractivity contribution in [1.82, 2.24) is 0 Å². The number of rotatable bonds is 1. The Morgan fingerprint density at radius 3 is 2.24 bits per heavy atom. The molecular weight excluding hydrogens is 206 g/mol. The van der Waals surface area contributed by atoms with Crippen molar-refractivity contribution < 1.29 is 0 Å². The Morgan fingerprint density at radius 2 is 1.59 bits per heavy atom. The van der Waals surface area contributed by atoms with E-state index in [1.54, 1.807) is 0 Å². The van der Waals surface area contributed by atoms with Crippen LogP contribution in [0.2, 0.25) is 0 Å². The Balaban J connectivity index is 2.62. The first-order valence-electron chi connectivity index (χ1n) is 7.55. The summed E-state index contributed by atoms with van der Waals surface area (Å²) in [5.41, 5.74) is 0.298. The van der Waals surface area contributed by atoms with Crippen LogP contribution in [0.1, 0.15) is 79.1 Å². The van der Waals surface area contributed by atoms with E-state index >= 15 is 0 Å². The molecule has 1 aliphatic rings. The van der Waals surface area contributed by atoms with Gasteiger partial charge in [0.15, 0.2) is 0 Å². The third-order valence-corrected chi connectivity index (χ3v) is 3.96. The van der Waals surface area contributed by atoms with Gasteiger partial charge < -0.3 is 0 Å². The molecule has 0 aromatic heterocycles. The van der Waals surface area contributed by atoms with Gasteiger partial charge in [-0.05, 0) is 24.2 Å². The van der Waals surface area contributed by atoms with E-state index in [0.717, 1.165) is 0 Å². The summed E-state index contributed by atoms with van der Waals surface area (Å²) < 4.78 is 0. The van der Waals surface area contributed by atoms with Gasteiger partial charge in [-0.2, -0.15) is 0 Å². The fraction of sp³-hybridized carbons (Fsp3) is 0.938. The van der Waals surface area contributed by atoms with Crippen LogP contribution in [0.5, 0.6) is 0 Å². The van der Waals surface area contributed by atoms with E-state index in [2.05, 4.69) is 33.9 Å². The minimum absolute atomic E-state index is 0.298. The average molecular weight is 237 g/mol. The van der Waals surface area contributed by atoms with E-state index in [1.165, 1.54) is 51.4 Å². The van der Waals surface area contributed by atoms with Crippen molar-refractivity contribution in [2.45, 2.75) is 85.1 Å². The normalized spacial score (nSPS) is 29.4. The SMILES string of the molecule is CC(C)C1CCCCCCCCC(C)(C)/C=N/1. The van der Waals surface area contributed by atoms with Gasteiger partial charge in [0.25, 0.3) is 0 Å². The maximum atomic E-state index is 4.88. The zero-order chi connectivity index (χ0) is 12.7. The van der Waals surface area contributed by atoms with Crippen molar-refractivity contribution in [3.05, 3.63) is 0 Å². The summed E-state index contributed by atoms with van der Waals surface area (Å²) in [6.45, 7) is 9.28. The lowest BCUT2D eigenvalue weighted by Gasteiger charge is -2.23. The standard InChI is InChI=1S/C16H31N/c1-14(2)15-11-9-7-5-6-8-10-12-16(3,4)13-17-15/h13-15H,5-12H2,1-4H3/b17-13+. The van der Waals surface area contributed by atoms with E-state index in [-0.39, 0.29) is 0 Å². The molecule has 1 heteroatoms. The number of hydrogen-bond donors (Lipinski definition) is 0. The summed E-state index contributed by atoms with van der Waals surface area (Å²) in [5.74, 6) is 0.685. The van der Waals surface area contributed by atoms with Gasteiger partial charge in [0.05, 0.1) is 6.04 Å². The predicted molar refractivity (Wildman–Crippen MR) is 77.8 cm³/mol. The molecule has 0 N–H and O–H groups in total. The second-order valence-electron chi connectivity index (χ2n) is 6.74. The lowest BCUT2D eigenvalue weighted by atomic mass is 9.87. The van der Waals surface area contributed by atoms with Crippen LogP contribution in [-0.2, 0) is 0 Å². The van der Waals surface area contributed by atoms with Crippen LogP contribution in [0.15, 0.2) is 4.99 Å². The second-order valence-corrected chi connectivity index (χ2v) is 6.74. The highest BCUT2D eigenvalue weighted by Gasteiger charge is 2.17. The van der Waals surface area contributed by atoms with E-state index in [1.807, 2.05) is 0 Å². The molecule has 1 nitrogen and oxygen atoms in total. The first-order chi connectivity index (χ1) is 8.01. The van der Waals surface area contributed by atoms with Crippen LogP contribution in [-0.4, -0.2) is 12.3 Å². The quantitative estimate of drug-likeness (QED) is 0.591. The third kappa shape index (κ3) is 6.24. The fourth-order valence-corrected chi connectivity index (χ4v) is 2.58. The molecule has 0 aliphatic carbocycles. The van der Waals surface area contributed by atoms with E-state index in [4.69, 9.17) is 4.99 Å². The Labute approximate surface area is 108 Å². The monoisotopic (exact) mass is 237 g/mol. The van der Waals surface area contributed by atoms with Crippen LogP contribution in [0.25, 0.3) is 0 Å². The van der Waals surface area contributed by atoms with Gasteiger partial charge >= 0.3 is 0 Å². The van der Waals surface area contributed by atoms with E-state index in [9.17, 15) is 0 Å². The van der Waals surface area contributed by atoms with Crippen molar-refractivity contribution in [2.75, 3.05) is 0 Å². The third-order valence-electron chi connectivity index (χ3n) is 3.96. The van der Waals surface area contributed by atoms with E-state index in [0.29, 0.717) is 17.4 Å². The van der Waals surface area contributed by atoms with Gasteiger partial charge in [0.1, 0.15) is 0 Å². The molecule has 0 aromatic rings. The smallest absolute Gasteiger partial charge is 0.0518 e. The van der Waals surface area contributed by atoms with Crippen molar-refractivity contribution in [3.63, 3.8) is 0 Å². The Kier molecular flexibility index (Phi) is 6.22. The summed E-state index contributed by atoms with van der Waals surface area (Å²) in [5, 5.41) is 0. The number of nitrogens with zero attached hydrogens (tertiary/aromatic N) is 1. The van der Waals surface area contributed by atoms with Gasteiger partial charge in [-0.15, -0.1) is 0 Å². The first kappa shape index (κ1) is 14.7. The van der Waals surface area contributed by atoms with Gasteiger partial charge in [-0.25, -0.2) is 0 Å². The molecular formula is C16H31N. The summed E-state index contributed by atoms with van der Waals surface area (Å²) in [6.07, 6.45) is 13.2. The Morgan fingerprint density at radius 1 is 1.00 bits per heavy atom. The Hall–Kier alpha value is -0.330. The van der Waals surface area contributed by atoms with E-state index < -0.39 is 0 Å². The van der Waals surface area contributed by atoms with Crippen molar-refractivity contribution in [1.29, 1.82) is 0 Å². The van der Waals surface area contributed by atoms with Crippen LogP contribution in [0, 0.1) is 11.3 Å². The van der Waals surface area contributed by atoms with Gasteiger partial charge in [-0.1, -0.05) is 66.2 Å². The topological polar surface area (TPSA) is 12.4 Å². The molecule has 17 heavy (non-hydrogen) atoms. The first-order valence-corrected chi connectivity index (χ1v) is 7.55. The highest BCUT2D eigenvalue weighted by molar-refractivity contribution is 5.64. The molecule has 0 radical (unpaired) electrons. The molecule has 0 aromatic carbocycles. The predicted octanol–water partition coefficient (Wildman–Crippen LogP) is 5.24. The summed E-state index contributed by atoms with van der Waals surface area (Å²) in [7, 11) is 0. The highest BCUT2D eigenvalue weighted by atomic mass is 14.8. The van der Waals surface area contributed by atoms with Gasteiger partial charge in [0, 0.05) is 6.21 Å². The average Bonchev–Trinajstić information content (AvgIpc) is 2.23. The summed E-state index contributed by atoms with van der Waals surface area (Å²) >= 11 is 0. The number of hydrogen-bond acceptors (Lipinski definition) is 1. The molecule has 0 amide bonds. The molecule has 0 bridgehead atoms.